The summed E-state index contributed by atoms with van der Waals surface area (Å²) < 4.78 is 18.8. The van der Waals surface area contributed by atoms with Crippen LogP contribution in [0, 0.1) is 11.7 Å². The van der Waals surface area contributed by atoms with Gasteiger partial charge in [0.05, 0.1) is 11.7 Å². The van der Waals surface area contributed by atoms with Gasteiger partial charge in [-0.1, -0.05) is 44.3 Å². The largest absolute Gasteiger partial charge is 0.480 e. The van der Waals surface area contributed by atoms with E-state index in [0.29, 0.717) is 30.8 Å². The smallest absolute Gasteiger partial charge is 0.327 e. The van der Waals surface area contributed by atoms with Crippen LogP contribution in [0.3, 0.4) is 0 Å². The zero-order valence-corrected chi connectivity index (χ0v) is 23.3. The molecule has 2 aliphatic rings. The molecule has 0 bridgehead atoms. The van der Waals surface area contributed by atoms with Gasteiger partial charge in [-0.3, -0.25) is 14.5 Å². The van der Waals surface area contributed by atoms with Crippen molar-refractivity contribution in [1.82, 2.24) is 19.8 Å². The SMILES string of the molecule is CC(=O)N[C@@H](CSSC1CCN(C(C(=O)C2CC2)c2ccccc2F)C/C1=C\c1csnn1)C(=O)O.Cl. The Balaban J connectivity index is 0.00000380. The van der Waals surface area contributed by atoms with E-state index in [9.17, 15) is 23.9 Å². The number of Topliss-reactive ketones (excluding diaryl/α,β-unsaturated/α-hetero) is 1. The highest BCUT2D eigenvalue weighted by atomic mass is 35.5. The number of carboxylic acid groups (broad SMARTS) is 1. The van der Waals surface area contributed by atoms with E-state index < -0.39 is 24.0 Å². The summed E-state index contributed by atoms with van der Waals surface area (Å²) in [5.41, 5.74) is 2.14. The van der Waals surface area contributed by atoms with Gasteiger partial charge in [-0.15, -0.1) is 17.5 Å². The van der Waals surface area contributed by atoms with E-state index in [1.807, 2.05) is 16.4 Å². The van der Waals surface area contributed by atoms with Gasteiger partial charge in [0.25, 0.3) is 0 Å². The standard InChI is InChI=1S/C24H27FN4O4S3.ClH/c1-14(30)26-20(24(32)33)13-35-36-21-8-9-29(11-16(21)10-17-12-34-28-27-17)22(23(31)15-6-7-15)18-4-2-3-5-19(18)25;/h2-5,10,12,15,20-22H,6-9,11,13H2,1H3,(H,26,30)(H,32,33);1H/b16-10+;/t20-,21?,22?;/m0./s1. The van der Waals surface area contributed by atoms with E-state index in [-0.39, 0.29) is 40.9 Å². The van der Waals surface area contributed by atoms with Crippen molar-refractivity contribution >= 4 is 69.3 Å². The monoisotopic (exact) mass is 586 g/mol. The first-order chi connectivity index (χ1) is 17.3. The molecule has 1 amide bonds. The molecule has 2 aromatic rings. The lowest BCUT2D eigenvalue weighted by atomic mass is 9.93. The lowest BCUT2D eigenvalue weighted by Crippen LogP contribution is -2.43. The Hall–Kier alpha value is -1.99. The van der Waals surface area contributed by atoms with Crippen molar-refractivity contribution in [3.8, 4) is 0 Å². The van der Waals surface area contributed by atoms with E-state index in [2.05, 4.69) is 14.9 Å². The van der Waals surface area contributed by atoms with Crippen LogP contribution in [0.1, 0.15) is 43.5 Å². The van der Waals surface area contributed by atoms with E-state index >= 15 is 0 Å². The number of amides is 1. The minimum atomic E-state index is -1.08. The van der Waals surface area contributed by atoms with Crippen LogP contribution in [0.5, 0.6) is 0 Å². The average Bonchev–Trinajstić information content (AvgIpc) is 3.57. The third-order valence-corrected chi connectivity index (χ3v) is 9.51. The summed E-state index contributed by atoms with van der Waals surface area (Å²) >= 11 is 1.24. The number of piperidine rings is 1. The van der Waals surface area contributed by atoms with Gasteiger partial charge in [-0.05, 0) is 48.5 Å². The molecule has 200 valence electrons. The van der Waals surface area contributed by atoms with Gasteiger partial charge in [0.15, 0.2) is 5.78 Å². The minimum Gasteiger partial charge on any atom is -0.480 e. The van der Waals surface area contributed by atoms with Gasteiger partial charge in [0, 0.05) is 47.9 Å². The molecule has 2 N–H and O–H groups in total. The first kappa shape index (κ1) is 29.6. The van der Waals surface area contributed by atoms with Crippen molar-refractivity contribution in [3.63, 3.8) is 0 Å². The Morgan fingerprint density at radius 1 is 1.30 bits per heavy atom. The predicted molar refractivity (Wildman–Crippen MR) is 147 cm³/mol. The van der Waals surface area contributed by atoms with Gasteiger partial charge >= 0.3 is 5.97 Å². The van der Waals surface area contributed by atoms with Crippen LogP contribution in [0.25, 0.3) is 6.08 Å². The van der Waals surface area contributed by atoms with E-state index in [4.69, 9.17) is 0 Å². The topological polar surface area (TPSA) is 112 Å². The zero-order chi connectivity index (χ0) is 25.7. The number of benzene rings is 1. The van der Waals surface area contributed by atoms with Gasteiger partial charge < -0.3 is 10.4 Å². The zero-order valence-electron chi connectivity index (χ0n) is 20.0. The predicted octanol–water partition coefficient (Wildman–Crippen LogP) is 4.25. The second-order valence-electron chi connectivity index (χ2n) is 8.87. The quantitative estimate of drug-likeness (QED) is 0.373. The number of ketones is 1. The Labute approximate surface area is 232 Å². The fourth-order valence-electron chi connectivity index (χ4n) is 4.20. The van der Waals surface area contributed by atoms with Crippen LogP contribution in [0.15, 0.2) is 35.2 Å². The fourth-order valence-corrected chi connectivity index (χ4v) is 7.49. The van der Waals surface area contributed by atoms with Crippen LogP contribution >= 0.6 is 45.5 Å². The number of aromatic nitrogens is 2. The molecule has 2 unspecified atom stereocenters. The Morgan fingerprint density at radius 3 is 2.68 bits per heavy atom. The molecule has 13 heteroatoms. The summed E-state index contributed by atoms with van der Waals surface area (Å²) in [5, 5.41) is 17.8. The number of nitrogens with one attached hydrogen (secondary N) is 1. The van der Waals surface area contributed by atoms with Crippen LogP contribution in [0.2, 0.25) is 0 Å². The molecule has 1 aromatic heterocycles. The maximum atomic E-state index is 14.8. The number of hydrogen-bond acceptors (Lipinski definition) is 9. The van der Waals surface area contributed by atoms with Gasteiger partial charge in [-0.2, -0.15) is 0 Å². The summed E-state index contributed by atoms with van der Waals surface area (Å²) in [7, 11) is 2.93. The van der Waals surface area contributed by atoms with Gasteiger partial charge in [0.2, 0.25) is 5.91 Å². The lowest BCUT2D eigenvalue weighted by Gasteiger charge is -2.38. The number of nitrogens with zero attached hydrogens (tertiary/aromatic N) is 3. The summed E-state index contributed by atoms with van der Waals surface area (Å²) in [6.45, 7) is 2.35. The number of aliphatic carboxylic acids is 1. The van der Waals surface area contributed by atoms with Crippen molar-refractivity contribution in [2.45, 2.75) is 43.5 Å². The summed E-state index contributed by atoms with van der Waals surface area (Å²) in [4.78, 5) is 38.2. The molecule has 4 rings (SSSR count). The molecule has 1 saturated heterocycles. The summed E-state index contributed by atoms with van der Waals surface area (Å²) in [5.74, 6) is -1.59. The number of rotatable bonds is 11. The normalized spacial score (nSPS) is 20.6. The summed E-state index contributed by atoms with van der Waals surface area (Å²) in [6, 6.07) is 4.86. The number of likely N-dealkylation sites (tertiary alicyclic amines) is 1. The lowest BCUT2D eigenvalue weighted by molar-refractivity contribution is -0.140. The number of hydrogen-bond donors (Lipinski definition) is 2. The van der Waals surface area contributed by atoms with E-state index in [1.165, 1.54) is 35.3 Å². The highest BCUT2D eigenvalue weighted by Gasteiger charge is 2.41. The molecule has 2 heterocycles. The molecule has 1 aliphatic carbocycles. The highest BCUT2D eigenvalue weighted by molar-refractivity contribution is 8.77. The van der Waals surface area contributed by atoms with Crippen LogP contribution in [0.4, 0.5) is 4.39 Å². The average molecular weight is 587 g/mol. The number of carboxylic acids is 1. The maximum Gasteiger partial charge on any atom is 0.327 e. The van der Waals surface area contributed by atoms with Crippen molar-refractivity contribution < 1.29 is 23.9 Å². The molecule has 0 spiro atoms. The Kier molecular flexibility index (Phi) is 10.9. The third-order valence-electron chi connectivity index (χ3n) is 6.10. The molecular formula is C24H28ClFN4O4S3. The molecule has 1 saturated carbocycles. The number of carbonyl (C=O) groups excluding carboxylic acids is 2. The van der Waals surface area contributed by atoms with E-state index in [1.54, 1.807) is 29.0 Å². The molecular weight excluding hydrogens is 559 g/mol. The summed E-state index contributed by atoms with van der Waals surface area (Å²) in [6.07, 6.45) is 4.34. The van der Waals surface area contributed by atoms with Gasteiger partial charge in [0.1, 0.15) is 11.9 Å². The molecule has 37 heavy (non-hydrogen) atoms. The number of halogens is 2. The fraction of sp³-hybridized carbons (Fsp3) is 0.458. The molecule has 1 aliphatic heterocycles. The van der Waals surface area contributed by atoms with Crippen LogP contribution in [-0.2, 0) is 14.4 Å². The molecule has 3 atom stereocenters. The van der Waals surface area contributed by atoms with E-state index in [0.717, 1.165) is 18.4 Å². The maximum absolute atomic E-state index is 14.8. The minimum absolute atomic E-state index is 0. The van der Waals surface area contributed by atoms with Crippen molar-refractivity contribution in [2.75, 3.05) is 18.8 Å². The second-order valence-corrected chi connectivity index (χ2v) is 12.1. The first-order valence-corrected chi connectivity index (χ1v) is 14.8. The van der Waals surface area contributed by atoms with Crippen molar-refractivity contribution in [3.05, 3.63) is 52.3 Å². The Bertz CT molecular complexity index is 1130. The number of carbonyl (C=O) groups is 3. The van der Waals surface area contributed by atoms with Crippen LogP contribution < -0.4 is 5.32 Å². The highest BCUT2D eigenvalue weighted by Crippen LogP contribution is 2.42. The molecule has 1 aromatic carbocycles. The molecule has 8 nitrogen and oxygen atoms in total. The molecule has 0 radical (unpaired) electrons. The molecule has 2 fully saturated rings. The third kappa shape index (κ3) is 8.00. The Morgan fingerprint density at radius 2 is 2.05 bits per heavy atom. The van der Waals surface area contributed by atoms with Crippen LogP contribution in [-0.4, -0.2) is 67.4 Å². The first-order valence-electron chi connectivity index (χ1n) is 11.6. The van der Waals surface area contributed by atoms with Crippen molar-refractivity contribution in [2.24, 2.45) is 5.92 Å². The second kappa shape index (κ2) is 13.7. The van der Waals surface area contributed by atoms with Crippen molar-refractivity contribution in [1.29, 1.82) is 0 Å². The van der Waals surface area contributed by atoms with Gasteiger partial charge in [-0.25, -0.2) is 9.18 Å².